The zero-order valence-electron chi connectivity index (χ0n) is 20.6. The molecule has 11 atom stereocenters. The van der Waals surface area contributed by atoms with Crippen molar-refractivity contribution in [1.82, 2.24) is 4.98 Å². The summed E-state index contributed by atoms with van der Waals surface area (Å²) in [6.07, 6.45) is -1.63. The molecule has 1 aromatic heterocycles. The van der Waals surface area contributed by atoms with Gasteiger partial charge in [-0.3, -0.25) is 0 Å². The molecular weight excluding hydrogens is 458 g/mol. The number of esters is 1. The summed E-state index contributed by atoms with van der Waals surface area (Å²) in [4.78, 5) is 15.9. The molecule has 3 heterocycles. The van der Waals surface area contributed by atoms with E-state index in [9.17, 15) is 35.4 Å². The Labute approximate surface area is 202 Å². The average molecular weight is 494 g/mol. The van der Waals surface area contributed by atoms with Crippen LogP contribution in [0.5, 0.6) is 0 Å². The van der Waals surface area contributed by atoms with E-state index in [-0.39, 0.29) is 18.5 Å². The molecule has 1 spiro atoms. The second-order valence-electron chi connectivity index (χ2n) is 12.4. The van der Waals surface area contributed by atoms with Crippen LogP contribution in [0.1, 0.15) is 64.4 Å². The lowest BCUT2D eigenvalue weighted by atomic mass is 9.52. The fourth-order valence-electron chi connectivity index (χ4n) is 9.56. The van der Waals surface area contributed by atoms with Crippen molar-refractivity contribution in [3.63, 3.8) is 0 Å². The van der Waals surface area contributed by atoms with E-state index in [0.29, 0.717) is 6.42 Å². The number of rotatable bonds is 3. The number of nitrogens with one attached hydrogen (secondary N) is 1. The third-order valence-electron chi connectivity index (χ3n) is 11.3. The van der Waals surface area contributed by atoms with E-state index in [4.69, 9.17) is 9.47 Å². The van der Waals surface area contributed by atoms with Gasteiger partial charge in [0, 0.05) is 18.0 Å². The molecule has 0 radical (unpaired) electrons. The Kier molecular flexibility index (Phi) is 4.06. The Bertz CT molecular complexity index is 1130. The first-order valence-electron chi connectivity index (χ1n) is 12.4. The van der Waals surface area contributed by atoms with Gasteiger partial charge in [-0.25, -0.2) is 4.79 Å². The average Bonchev–Trinajstić information content (AvgIpc) is 3.41. The molecule has 6 aliphatic rings. The minimum Gasteiger partial charge on any atom is -0.451 e. The SMILES string of the molecule is CC(C)[C@@]1(O)[C@@H](OC(=O)c2ccc[nH]2)[C@@]2(O)[C@@]3(C)C[C@@]4(O)O[C@@]5([C@H](O)[C@@H](C)CC[C@]35O)[C@@]2(O)[C@]41C. The molecular formula is C25H35NO9. The molecule has 1 aromatic rings. The molecule has 7 N–H and O–H groups in total. The van der Waals surface area contributed by atoms with E-state index in [0.717, 1.165) is 0 Å². The van der Waals surface area contributed by atoms with Gasteiger partial charge >= 0.3 is 5.97 Å². The number of H-pyrrole nitrogens is 1. The summed E-state index contributed by atoms with van der Waals surface area (Å²) in [6.45, 7) is 7.91. The zero-order valence-corrected chi connectivity index (χ0v) is 20.6. The predicted octanol–water partition coefficient (Wildman–Crippen LogP) is -0.188. The van der Waals surface area contributed by atoms with Crippen LogP contribution < -0.4 is 0 Å². The molecule has 6 bridgehead atoms. The van der Waals surface area contributed by atoms with E-state index in [1.54, 1.807) is 26.8 Å². The highest BCUT2D eigenvalue weighted by Gasteiger charge is 3.10. The number of aromatic amines is 1. The van der Waals surface area contributed by atoms with Crippen LogP contribution in [-0.4, -0.2) is 87.6 Å². The standard InChI is InChI=1S/C25H35NO9/c1-12(2)22(31)17(34-16(28)14-7-6-10-26-14)23(32)18(4)11-21(30)19(22,5)25(23,33)24(35-21)15(27)13(3)8-9-20(18,24)29/h6-7,10,12-13,15,17,26-27,29-33H,8-9,11H2,1-5H3/t13-,15+,17+,18-,19+,20-,21+,22+,23+,24+,25+/m0/s1. The molecule has 0 aromatic carbocycles. The first kappa shape index (κ1) is 23.8. The van der Waals surface area contributed by atoms with E-state index in [1.165, 1.54) is 26.1 Å². The van der Waals surface area contributed by atoms with E-state index in [2.05, 4.69) is 4.98 Å². The topological polar surface area (TPSA) is 173 Å². The maximum atomic E-state index is 13.2. The monoisotopic (exact) mass is 493 g/mol. The Hall–Kier alpha value is -1.53. The van der Waals surface area contributed by atoms with Gasteiger partial charge < -0.3 is 45.1 Å². The largest absolute Gasteiger partial charge is 0.451 e. The number of aliphatic hydroxyl groups is 6. The van der Waals surface area contributed by atoms with Crippen molar-refractivity contribution in [1.29, 1.82) is 0 Å². The van der Waals surface area contributed by atoms with Gasteiger partial charge in [0.1, 0.15) is 28.1 Å². The van der Waals surface area contributed by atoms with E-state index in [1.807, 2.05) is 0 Å². The minimum atomic E-state index is -2.59. The first-order chi connectivity index (χ1) is 16.0. The van der Waals surface area contributed by atoms with Crippen molar-refractivity contribution < 1.29 is 44.9 Å². The van der Waals surface area contributed by atoms with E-state index >= 15 is 0 Å². The summed E-state index contributed by atoms with van der Waals surface area (Å²) in [5, 5.41) is 73.9. The highest BCUT2D eigenvalue weighted by molar-refractivity contribution is 5.87. The fourth-order valence-corrected chi connectivity index (χ4v) is 9.56. The zero-order chi connectivity index (χ0) is 25.8. The Morgan fingerprint density at radius 1 is 1.20 bits per heavy atom. The highest BCUT2D eigenvalue weighted by Crippen LogP contribution is 2.90. The van der Waals surface area contributed by atoms with Gasteiger partial charge in [-0.05, 0) is 43.7 Å². The lowest BCUT2D eigenvalue weighted by Gasteiger charge is -2.60. The molecule has 7 rings (SSSR count). The molecule has 4 saturated carbocycles. The molecule has 4 aliphatic carbocycles. The number of carbonyl (C=O) groups is 1. The van der Waals surface area contributed by atoms with Crippen LogP contribution in [0.25, 0.3) is 0 Å². The Morgan fingerprint density at radius 2 is 1.86 bits per heavy atom. The molecule has 35 heavy (non-hydrogen) atoms. The summed E-state index contributed by atoms with van der Waals surface area (Å²) in [7, 11) is 0. The Balaban J connectivity index is 1.69. The highest BCUT2D eigenvalue weighted by atomic mass is 16.7. The lowest BCUT2D eigenvalue weighted by Crippen LogP contribution is -2.75. The summed E-state index contributed by atoms with van der Waals surface area (Å²) in [5.41, 5.74) is -15.2. The van der Waals surface area contributed by atoms with E-state index < -0.39 is 74.6 Å². The molecule has 194 valence electrons. The summed E-state index contributed by atoms with van der Waals surface area (Å²) >= 11 is 0. The van der Waals surface area contributed by atoms with Crippen molar-refractivity contribution in [3.05, 3.63) is 24.0 Å². The van der Waals surface area contributed by atoms with Crippen molar-refractivity contribution >= 4 is 5.97 Å². The van der Waals surface area contributed by atoms with Gasteiger partial charge in [-0.1, -0.05) is 27.7 Å². The minimum absolute atomic E-state index is 0.0654. The number of hydrogen-bond acceptors (Lipinski definition) is 9. The van der Waals surface area contributed by atoms with Crippen molar-refractivity contribution in [2.24, 2.45) is 22.7 Å². The predicted molar refractivity (Wildman–Crippen MR) is 119 cm³/mol. The van der Waals surface area contributed by atoms with Crippen LogP contribution >= 0.6 is 0 Å². The maximum Gasteiger partial charge on any atom is 0.355 e. The van der Waals surface area contributed by atoms with Gasteiger partial charge in [-0.15, -0.1) is 0 Å². The summed E-state index contributed by atoms with van der Waals surface area (Å²) in [6, 6.07) is 3.06. The summed E-state index contributed by atoms with van der Waals surface area (Å²) < 4.78 is 12.1. The van der Waals surface area contributed by atoms with Gasteiger partial charge in [0.2, 0.25) is 0 Å². The molecule has 2 aliphatic heterocycles. The third-order valence-corrected chi connectivity index (χ3v) is 11.3. The van der Waals surface area contributed by atoms with Gasteiger partial charge in [0.15, 0.2) is 17.5 Å². The van der Waals surface area contributed by atoms with Gasteiger partial charge in [0.05, 0.1) is 11.5 Å². The second kappa shape index (κ2) is 5.96. The van der Waals surface area contributed by atoms with Crippen molar-refractivity contribution in [2.75, 3.05) is 0 Å². The number of aromatic nitrogens is 1. The number of aliphatic hydroxyl groups excluding tert-OH is 1. The lowest BCUT2D eigenvalue weighted by molar-refractivity contribution is -0.390. The van der Waals surface area contributed by atoms with Crippen LogP contribution in [0, 0.1) is 22.7 Å². The second-order valence-corrected chi connectivity index (χ2v) is 12.4. The first-order valence-corrected chi connectivity index (χ1v) is 12.4. The Morgan fingerprint density at radius 3 is 2.43 bits per heavy atom. The van der Waals surface area contributed by atoms with Crippen molar-refractivity contribution in [3.8, 4) is 0 Å². The molecule has 0 unspecified atom stereocenters. The smallest absolute Gasteiger partial charge is 0.355 e. The normalized spacial score (nSPS) is 59.8. The van der Waals surface area contributed by atoms with Crippen LogP contribution in [0.2, 0.25) is 0 Å². The molecule has 6 fully saturated rings. The maximum absolute atomic E-state index is 13.2. The van der Waals surface area contributed by atoms with Gasteiger partial charge in [0.25, 0.3) is 0 Å². The third kappa shape index (κ3) is 1.74. The number of hydrogen-bond donors (Lipinski definition) is 7. The molecule has 0 amide bonds. The van der Waals surface area contributed by atoms with Crippen LogP contribution in [0.4, 0.5) is 0 Å². The number of carbonyl (C=O) groups excluding carboxylic acids is 1. The molecule has 10 nitrogen and oxygen atoms in total. The van der Waals surface area contributed by atoms with Crippen LogP contribution in [-0.2, 0) is 9.47 Å². The van der Waals surface area contributed by atoms with Gasteiger partial charge in [-0.2, -0.15) is 0 Å². The number of ether oxygens (including phenoxy) is 2. The fraction of sp³-hybridized carbons (Fsp3) is 0.800. The van der Waals surface area contributed by atoms with Crippen LogP contribution in [0.3, 0.4) is 0 Å². The van der Waals surface area contributed by atoms with Crippen molar-refractivity contribution in [2.45, 2.75) is 99.9 Å². The molecule has 10 heteroatoms. The molecule has 2 saturated heterocycles. The quantitative estimate of drug-likeness (QED) is 0.282. The summed E-state index contributed by atoms with van der Waals surface area (Å²) in [5.74, 6) is -4.34. The van der Waals surface area contributed by atoms with Crippen LogP contribution in [0.15, 0.2) is 18.3 Å².